The number of H-pyrrole nitrogens is 1. The normalized spacial score (nSPS) is 24.7. The molecule has 5 nitrogen and oxygen atoms in total. The van der Waals surface area contributed by atoms with Crippen molar-refractivity contribution < 1.29 is 0 Å². The van der Waals surface area contributed by atoms with E-state index in [1.54, 1.807) is 0 Å². The van der Waals surface area contributed by atoms with Gasteiger partial charge in [-0.1, -0.05) is 18.2 Å². The molecule has 2 aliphatic carbocycles. The van der Waals surface area contributed by atoms with E-state index in [0.717, 1.165) is 29.8 Å². The monoisotopic (exact) mass is 389 g/mol. The van der Waals surface area contributed by atoms with Crippen LogP contribution in [0, 0.1) is 0 Å². The Labute approximate surface area is 172 Å². The van der Waals surface area contributed by atoms with Crippen LogP contribution in [0.15, 0.2) is 42.6 Å². The Morgan fingerprint density at radius 2 is 1.93 bits per heavy atom. The molecular formula is C24H31N5. The summed E-state index contributed by atoms with van der Waals surface area (Å²) in [6.45, 7) is 0.865. The van der Waals surface area contributed by atoms with Crippen LogP contribution in [0.1, 0.15) is 61.6 Å². The molecule has 3 aromatic rings. The van der Waals surface area contributed by atoms with Crippen molar-refractivity contribution in [2.45, 2.75) is 69.6 Å². The number of aromatic nitrogens is 3. The lowest BCUT2D eigenvalue weighted by atomic mass is 9.85. The molecule has 5 heteroatoms. The molecule has 1 fully saturated rings. The number of benzene rings is 1. The molecule has 2 aliphatic rings. The van der Waals surface area contributed by atoms with Gasteiger partial charge in [-0.05, 0) is 75.8 Å². The summed E-state index contributed by atoms with van der Waals surface area (Å²) < 4.78 is 0. The molecule has 1 aromatic carbocycles. The molecule has 0 radical (unpaired) electrons. The van der Waals surface area contributed by atoms with E-state index in [4.69, 9.17) is 9.97 Å². The summed E-state index contributed by atoms with van der Waals surface area (Å²) >= 11 is 0. The lowest BCUT2D eigenvalue weighted by molar-refractivity contribution is 0.0737. The lowest BCUT2D eigenvalue weighted by Gasteiger charge is -2.42. The van der Waals surface area contributed by atoms with Gasteiger partial charge in [0.2, 0.25) is 0 Å². The van der Waals surface area contributed by atoms with Crippen molar-refractivity contribution in [2.24, 2.45) is 0 Å². The number of imidazole rings is 1. The van der Waals surface area contributed by atoms with Crippen molar-refractivity contribution in [3.05, 3.63) is 59.7 Å². The predicted octanol–water partition coefficient (Wildman–Crippen LogP) is 4.37. The van der Waals surface area contributed by atoms with Crippen LogP contribution in [0.25, 0.3) is 11.0 Å². The molecule has 2 N–H and O–H groups in total. The molecule has 2 aromatic heterocycles. The molecule has 0 saturated heterocycles. The average Bonchev–Trinajstić information content (AvgIpc) is 3.20. The first-order valence-corrected chi connectivity index (χ1v) is 11.1. The van der Waals surface area contributed by atoms with E-state index in [9.17, 15) is 0 Å². The molecule has 0 spiro atoms. The van der Waals surface area contributed by atoms with Crippen LogP contribution in [0.3, 0.4) is 0 Å². The zero-order chi connectivity index (χ0) is 19.6. The molecule has 5 rings (SSSR count). The van der Waals surface area contributed by atoms with Gasteiger partial charge >= 0.3 is 0 Å². The van der Waals surface area contributed by atoms with Gasteiger partial charge in [0.15, 0.2) is 0 Å². The highest BCUT2D eigenvalue weighted by atomic mass is 15.2. The summed E-state index contributed by atoms with van der Waals surface area (Å²) in [4.78, 5) is 16.0. The Kier molecular flexibility index (Phi) is 5.34. The highest BCUT2D eigenvalue weighted by Gasteiger charge is 2.34. The van der Waals surface area contributed by atoms with Crippen LogP contribution in [0.2, 0.25) is 0 Å². The maximum absolute atomic E-state index is 4.90. The van der Waals surface area contributed by atoms with Crippen molar-refractivity contribution in [2.75, 3.05) is 7.05 Å². The van der Waals surface area contributed by atoms with Gasteiger partial charge in [-0.2, -0.15) is 0 Å². The zero-order valence-electron chi connectivity index (χ0n) is 17.3. The van der Waals surface area contributed by atoms with Crippen molar-refractivity contribution in [1.29, 1.82) is 0 Å². The van der Waals surface area contributed by atoms with Crippen LogP contribution in [0.4, 0.5) is 0 Å². The molecule has 2 heterocycles. The molecule has 1 atom stereocenters. The SMILES string of the molecule is CNC1CCC(N(Cc2nc3ccccc3[nH]2)C2CCCc3cccnc32)CC1. The van der Waals surface area contributed by atoms with E-state index in [0.29, 0.717) is 18.1 Å². The minimum absolute atomic E-state index is 0.393. The average molecular weight is 390 g/mol. The van der Waals surface area contributed by atoms with Crippen LogP contribution in [0.5, 0.6) is 0 Å². The van der Waals surface area contributed by atoms with E-state index in [-0.39, 0.29) is 0 Å². The second kappa shape index (κ2) is 8.25. The van der Waals surface area contributed by atoms with Crippen molar-refractivity contribution >= 4 is 11.0 Å². The van der Waals surface area contributed by atoms with Crippen LogP contribution >= 0.6 is 0 Å². The third-order valence-electron chi connectivity index (χ3n) is 6.91. The third-order valence-corrected chi connectivity index (χ3v) is 6.91. The van der Waals surface area contributed by atoms with E-state index in [1.807, 2.05) is 6.20 Å². The number of pyridine rings is 1. The topological polar surface area (TPSA) is 56.8 Å². The van der Waals surface area contributed by atoms with E-state index in [2.05, 4.69) is 58.6 Å². The van der Waals surface area contributed by atoms with Crippen LogP contribution < -0.4 is 5.32 Å². The number of para-hydroxylation sites is 2. The number of hydrogen-bond acceptors (Lipinski definition) is 4. The molecule has 0 amide bonds. The molecular weight excluding hydrogens is 358 g/mol. The number of nitrogens with one attached hydrogen (secondary N) is 2. The van der Waals surface area contributed by atoms with Gasteiger partial charge in [-0.15, -0.1) is 0 Å². The van der Waals surface area contributed by atoms with Crippen molar-refractivity contribution in [1.82, 2.24) is 25.2 Å². The molecule has 1 saturated carbocycles. The van der Waals surface area contributed by atoms with E-state index >= 15 is 0 Å². The predicted molar refractivity (Wildman–Crippen MR) is 117 cm³/mol. The van der Waals surface area contributed by atoms with Gasteiger partial charge in [-0.3, -0.25) is 9.88 Å². The lowest BCUT2D eigenvalue weighted by Crippen LogP contribution is -2.44. The number of nitrogens with zero attached hydrogens (tertiary/aromatic N) is 3. The summed E-state index contributed by atoms with van der Waals surface area (Å²) in [6.07, 6.45) is 10.5. The molecule has 152 valence electrons. The second-order valence-corrected chi connectivity index (χ2v) is 8.62. The number of rotatable bonds is 5. The molecule has 0 aliphatic heterocycles. The Bertz CT molecular complexity index is 924. The smallest absolute Gasteiger partial charge is 0.121 e. The van der Waals surface area contributed by atoms with Gasteiger partial charge in [0.1, 0.15) is 5.82 Å². The molecule has 29 heavy (non-hydrogen) atoms. The Hall–Kier alpha value is -2.24. The summed E-state index contributed by atoms with van der Waals surface area (Å²) in [6, 6.07) is 14.3. The number of hydrogen-bond donors (Lipinski definition) is 2. The fourth-order valence-corrected chi connectivity index (χ4v) is 5.35. The maximum Gasteiger partial charge on any atom is 0.121 e. The van der Waals surface area contributed by atoms with Gasteiger partial charge in [-0.25, -0.2) is 4.98 Å². The quantitative estimate of drug-likeness (QED) is 0.680. The minimum Gasteiger partial charge on any atom is -0.341 e. The van der Waals surface area contributed by atoms with Gasteiger partial charge < -0.3 is 10.3 Å². The first-order valence-electron chi connectivity index (χ1n) is 11.1. The summed E-state index contributed by atoms with van der Waals surface area (Å²) in [5, 5.41) is 3.48. The third kappa shape index (κ3) is 3.81. The maximum atomic E-state index is 4.90. The first kappa shape index (κ1) is 18.8. The van der Waals surface area contributed by atoms with Crippen molar-refractivity contribution in [3.63, 3.8) is 0 Å². The Morgan fingerprint density at radius 1 is 1.07 bits per heavy atom. The Balaban J connectivity index is 1.46. The van der Waals surface area contributed by atoms with Crippen LogP contribution in [-0.2, 0) is 13.0 Å². The highest BCUT2D eigenvalue weighted by Crippen LogP contribution is 2.38. The van der Waals surface area contributed by atoms with Crippen LogP contribution in [-0.4, -0.2) is 39.0 Å². The molecule has 1 unspecified atom stereocenters. The number of aryl methyl sites for hydroxylation is 1. The fourth-order valence-electron chi connectivity index (χ4n) is 5.35. The van der Waals surface area contributed by atoms with Gasteiger partial charge in [0.05, 0.1) is 29.3 Å². The summed E-state index contributed by atoms with van der Waals surface area (Å²) in [7, 11) is 2.10. The summed E-state index contributed by atoms with van der Waals surface area (Å²) in [5.74, 6) is 1.07. The zero-order valence-corrected chi connectivity index (χ0v) is 17.3. The summed E-state index contributed by atoms with van der Waals surface area (Å²) in [5.41, 5.74) is 4.92. The standard InChI is InChI=1S/C24H31N5/c1-25-18-11-13-19(14-12-18)29(16-23-27-20-8-2-3-9-21(20)28-23)22-10-4-6-17-7-5-15-26-24(17)22/h2-3,5,7-9,15,18-19,22,25H,4,6,10-14,16H2,1H3,(H,27,28). The Morgan fingerprint density at radius 3 is 2.76 bits per heavy atom. The molecule has 0 bridgehead atoms. The second-order valence-electron chi connectivity index (χ2n) is 8.62. The van der Waals surface area contributed by atoms with Crippen molar-refractivity contribution in [3.8, 4) is 0 Å². The minimum atomic E-state index is 0.393. The fraction of sp³-hybridized carbons (Fsp3) is 0.500. The van der Waals surface area contributed by atoms with E-state index in [1.165, 1.54) is 49.8 Å². The first-order chi connectivity index (χ1) is 14.3. The number of fused-ring (bicyclic) bond motifs is 2. The largest absolute Gasteiger partial charge is 0.341 e. The van der Waals surface area contributed by atoms with Gasteiger partial charge in [0, 0.05) is 18.3 Å². The highest BCUT2D eigenvalue weighted by molar-refractivity contribution is 5.74. The van der Waals surface area contributed by atoms with Gasteiger partial charge in [0.25, 0.3) is 0 Å². The van der Waals surface area contributed by atoms with E-state index < -0.39 is 0 Å². The number of aromatic amines is 1.